The van der Waals surface area contributed by atoms with Crippen LogP contribution in [0, 0.1) is 13.8 Å². The van der Waals surface area contributed by atoms with Gasteiger partial charge in [-0.25, -0.2) is 4.79 Å². The SMILES string of the molecule is CCCCOc1cc(C(=O)Oc2ccccc2C)c(OCCCC)c2ccc(C)cc12. The molecule has 3 rings (SSSR count). The minimum absolute atomic E-state index is 0.391. The summed E-state index contributed by atoms with van der Waals surface area (Å²) in [6, 6.07) is 15.4. The van der Waals surface area contributed by atoms with Crippen molar-refractivity contribution >= 4 is 16.7 Å². The van der Waals surface area contributed by atoms with Gasteiger partial charge < -0.3 is 14.2 Å². The fourth-order valence-corrected chi connectivity index (χ4v) is 3.38. The maximum absolute atomic E-state index is 13.3. The van der Waals surface area contributed by atoms with E-state index < -0.39 is 5.97 Å². The molecule has 0 aliphatic carbocycles. The molecular formula is C27H32O4. The molecular weight excluding hydrogens is 388 g/mol. The number of rotatable bonds is 10. The van der Waals surface area contributed by atoms with Crippen molar-refractivity contribution in [3.8, 4) is 17.2 Å². The Morgan fingerprint density at radius 3 is 2.23 bits per heavy atom. The molecule has 164 valence electrons. The first-order valence-corrected chi connectivity index (χ1v) is 11.2. The molecule has 4 nitrogen and oxygen atoms in total. The Bertz CT molecular complexity index is 1040. The first kappa shape index (κ1) is 22.7. The van der Waals surface area contributed by atoms with Crippen molar-refractivity contribution in [3.05, 3.63) is 65.2 Å². The van der Waals surface area contributed by atoms with Crippen molar-refractivity contribution < 1.29 is 19.0 Å². The number of ether oxygens (including phenoxy) is 3. The van der Waals surface area contributed by atoms with Gasteiger partial charge in [-0.2, -0.15) is 0 Å². The lowest BCUT2D eigenvalue weighted by atomic mass is 10.0. The number of carbonyl (C=O) groups excluding carboxylic acids is 1. The lowest BCUT2D eigenvalue weighted by molar-refractivity contribution is 0.0728. The summed E-state index contributed by atoms with van der Waals surface area (Å²) in [6.07, 6.45) is 3.91. The predicted octanol–water partition coefficient (Wildman–Crippen LogP) is 7.03. The lowest BCUT2D eigenvalue weighted by Crippen LogP contribution is -2.13. The van der Waals surface area contributed by atoms with Crippen molar-refractivity contribution in [2.45, 2.75) is 53.4 Å². The zero-order valence-electron chi connectivity index (χ0n) is 19.0. The van der Waals surface area contributed by atoms with Gasteiger partial charge in [0.2, 0.25) is 0 Å². The van der Waals surface area contributed by atoms with Crippen LogP contribution in [0.2, 0.25) is 0 Å². The Morgan fingerprint density at radius 2 is 1.52 bits per heavy atom. The van der Waals surface area contributed by atoms with Crippen LogP contribution in [0.5, 0.6) is 17.2 Å². The van der Waals surface area contributed by atoms with E-state index in [0.717, 1.165) is 47.6 Å². The lowest BCUT2D eigenvalue weighted by Gasteiger charge is -2.18. The standard InChI is InChI=1S/C27H32O4/c1-5-7-15-29-25-18-23(27(28)31-24-12-10-9-11-20(24)4)26(30-16-8-6-2)21-14-13-19(3)17-22(21)25/h9-14,17-18H,5-8,15-16H2,1-4H3. The molecule has 0 aromatic heterocycles. The molecule has 31 heavy (non-hydrogen) atoms. The van der Waals surface area contributed by atoms with Crippen LogP contribution < -0.4 is 14.2 Å². The van der Waals surface area contributed by atoms with Gasteiger partial charge in [-0.05, 0) is 50.5 Å². The van der Waals surface area contributed by atoms with E-state index in [1.165, 1.54) is 0 Å². The van der Waals surface area contributed by atoms with Gasteiger partial charge in [0.25, 0.3) is 0 Å². The van der Waals surface area contributed by atoms with Gasteiger partial charge in [0, 0.05) is 10.8 Å². The summed E-state index contributed by atoms with van der Waals surface area (Å²) in [4.78, 5) is 13.3. The molecule has 3 aromatic carbocycles. The first-order valence-electron chi connectivity index (χ1n) is 11.2. The number of para-hydroxylation sites is 1. The third kappa shape index (κ3) is 5.57. The van der Waals surface area contributed by atoms with Crippen molar-refractivity contribution in [2.24, 2.45) is 0 Å². The molecule has 0 saturated carbocycles. The second-order valence-corrected chi connectivity index (χ2v) is 7.86. The van der Waals surface area contributed by atoms with E-state index in [-0.39, 0.29) is 0 Å². The first-order chi connectivity index (χ1) is 15.0. The van der Waals surface area contributed by atoms with Gasteiger partial charge in [0.1, 0.15) is 22.8 Å². The van der Waals surface area contributed by atoms with Crippen LogP contribution in [0.1, 0.15) is 61.0 Å². The number of hydrogen-bond donors (Lipinski definition) is 0. The van der Waals surface area contributed by atoms with Gasteiger partial charge in [0.15, 0.2) is 0 Å². The molecule has 0 saturated heterocycles. The van der Waals surface area contributed by atoms with Gasteiger partial charge in [-0.1, -0.05) is 62.6 Å². The van der Waals surface area contributed by atoms with E-state index in [2.05, 4.69) is 19.9 Å². The fraction of sp³-hybridized carbons (Fsp3) is 0.370. The number of fused-ring (bicyclic) bond motifs is 1. The van der Waals surface area contributed by atoms with E-state index in [0.29, 0.717) is 36.0 Å². The molecule has 3 aromatic rings. The van der Waals surface area contributed by atoms with Gasteiger partial charge in [0.05, 0.1) is 13.2 Å². The Labute approximate surface area is 185 Å². The van der Waals surface area contributed by atoms with E-state index in [4.69, 9.17) is 14.2 Å². The number of hydrogen-bond acceptors (Lipinski definition) is 4. The second kappa shape index (κ2) is 10.9. The molecule has 0 spiro atoms. The number of unbranched alkanes of at least 4 members (excludes halogenated alkanes) is 2. The monoisotopic (exact) mass is 420 g/mol. The van der Waals surface area contributed by atoms with Crippen LogP contribution in [-0.2, 0) is 0 Å². The molecule has 0 atom stereocenters. The Balaban J connectivity index is 2.09. The summed E-state index contributed by atoms with van der Waals surface area (Å²) in [5.74, 6) is 1.35. The maximum atomic E-state index is 13.3. The zero-order chi connectivity index (χ0) is 22.2. The van der Waals surface area contributed by atoms with Crippen LogP contribution in [0.15, 0.2) is 48.5 Å². The van der Waals surface area contributed by atoms with Gasteiger partial charge >= 0.3 is 5.97 Å². The normalized spacial score (nSPS) is 10.8. The molecule has 0 bridgehead atoms. The molecule has 0 fully saturated rings. The van der Waals surface area contributed by atoms with Crippen LogP contribution in [0.25, 0.3) is 10.8 Å². The van der Waals surface area contributed by atoms with Gasteiger partial charge in [-0.3, -0.25) is 0 Å². The molecule has 0 aliphatic heterocycles. The second-order valence-electron chi connectivity index (χ2n) is 7.86. The largest absolute Gasteiger partial charge is 0.493 e. The highest BCUT2D eigenvalue weighted by Gasteiger charge is 2.22. The summed E-state index contributed by atoms with van der Waals surface area (Å²) >= 11 is 0. The Hall–Kier alpha value is -3.01. The summed E-state index contributed by atoms with van der Waals surface area (Å²) in [6.45, 7) is 9.35. The zero-order valence-corrected chi connectivity index (χ0v) is 19.0. The quantitative estimate of drug-likeness (QED) is 0.201. The summed E-state index contributed by atoms with van der Waals surface area (Å²) in [5, 5.41) is 1.82. The van der Waals surface area contributed by atoms with Crippen molar-refractivity contribution in [1.82, 2.24) is 0 Å². The third-order valence-corrected chi connectivity index (χ3v) is 5.22. The predicted molar refractivity (Wildman–Crippen MR) is 126 cm³/mol. The van der Waals surface area contributed by atoms with Crippen LogP contribution in [0.3, 0.4) is 0 Å². The van der Waals surface area contributed by atoms with E-state index in [1.54, 1.807) is 12.1 Å². The molecule has 0 radical (unpaired) electrons. The highest BCUT2D eigenvalue weighted by Crippen LogP contribution is 2.38. The molecule has 4 heteroatoms. The summed E-state index contributed by atoms with van der Waals surface area (Å²) < 4.78 is 18.0. The Morgan fingerprint density at radius 1 is 0.806 bits per heavy atom. The van der Waals surface area contributed by atoms with E-state index >= 15 is 0 Å². The number of benzene rings is 3. The highest BCUT2D eigenvalue weighted by molar-refractivity contribution is 6.05. The third-order valence-electron chi connectivity index (χ3n) is 5.22. The fourth-order valence-electron chi connectivity index (χ4n) is 3.38. The molecule has 0 amide bonds. The number of carbonyl (C=O) groups is 1. The minimum Gasteiger partial charge on any atom is -0.493 e. The average Bonchev–Trinajstić information content (AvgIpc) is 2.76. The highest BCUT2D eigenvalue weighted by atomic mass is 16.5. The Kier molecular flexibility index (Phi) is 7.94. The average molecular weight is 421 g/mol. The number of esters is 1. The van der Waals surface area contributed by atoms with Gasteiger partial charge in [-0.15, -0.1) is 0 Å². The molecule has 0 N–H and O–H groups in total. The van der Waals surface area contributed by atoms with Crippen molar-refractivity contribution in [3.63, 3.8) is 0 Å². The van der Waals surface area contributed by atoms with Crippen LogP contribution >= 0.6 is 0 Å². The van der Waals surface area contributed by atoms with Crippen LogP contribution in [0.4, 0.5) is 0 Å². The minimum atomic E-state index is -0.441. The maximum Gasteiger partial charge on any atom is 0.347 e. The number of aryl methyl sites for hydroxylation is 2. The summed E-state index contributed by atoms with van der Waals surface area (Å²) in [5.41, 5.74) is 2.42. The molecule has 0 aliphatic rings. The molecule has 0 unspecified atom stereocenters. The van der Waals surface area contributed by atoms with E-state index in [1.807, 2.05) is 44.2 Å². The van der Waals surface area contributed by atoms with E-state index in [9.17, 15) is 4.79 Å². The van der Waals surface area contributed by atoms with Crippen LogP contribution in [-0.4, -0.2) is 19.2 Å². The molecule has 0 heterocycles. The smallest absolute Gasteiger partial charge is 0.347 e. The summed E-state index contributed by atoms with van der Waals surface area (Å²) in [7, 11) is 0. The van der Waals surface area contributed by atoms with Crippen molar-refractivity contribution in [2.75, 3.05) is 13.2 Å². The topological polar surface area (TPSA) is 44.8 Å². The van der Waals surface area contributed by atoms with Crippen molar-refractivity contribution in [1.29, 1.82) is 0 Å².